The van der Waals surface area contributed by atoms with E-state index >= 15 is 0 Å². The number of aromatic carboxylic acids is 1. The van der Waals surface area contributed by atoms with Gasteiger partial charge in [-0.05, 0) is 24.7 Å². The van der Waals surface area contributed by atoms with Gasteiger partial charge in [0.25, 0.3) is 0 Å². The van der Waals surface area contributed by atoms with Gasteiger partial charge in [0.2, 0.25) is 0 Å². The van der Waals surface area contributed by atoms with Crippen LogP contribution in [0, 0.1) is 11.8 Å². The maximum absolute atomic E-state index is 11.1. The summed E-state index contributed by atoms with van der Waals surface area (Å²) in [7, 11) is 1.43. The molecule has 2 unspecified atom stereocenters. The first kappa shape index (κ1) is 15.5. The van der Waals surface area contributed by atoms with Crippen LogP contribution in [0.2, 0.25) is 0 Å². The fraction of sp³-hybridized carbons (Fsp3) is 0.667. The third kappa shape index (κ3) is 3.83. The Morgan fingerprint density at radius 3 is 2.86 bits per heavy atom. The van der Waals surface area contributed by atoms with Crippen molar-refractivity contribution in [1.82, 2.24) is 9.97 Å². The lowest BCUT2D eigenvalue weighted by atomic mass is 9.80. The lowest BCUT2D eigenvalue weighted by Gasteiger charge is -2.28. The average molecular weight is 293 g/mol. The van der Waals surface area contributed by atoms with Crippen LogP contribution in [0.3, 0.4) is 0 Å². The number of carboxylic acid groups (broad SMARTS) is 1. The van der Waals surface area contributed by atoms with Crippen LogP contribution in [-0.4, -0.2) is 34.7 Å². The summed E-state index contributed by atoms with van der Waals surface area (Å²) in [6.45, 7) is 3.04. The number of rotatable bonds is 6. The van der Waals surface area contributed by atoms with E-state index in [1.807, 2.05) is 0 Å². The van der Waals surface area contributed by atoms with Crippen LogP contribution in [0.15, 0.2) is 6.33 Å². The van der Waals surface area contributed by atoms with Gasteiger partial charge in [-0.15, -0.1) is 0 Å². The number of anilines is 1. The number of nitrogens with zero attached hydrogens (tertiary/aromatic N) is 2. The summed E-state index contributed by atoms with van der Waals surface area (Å²) in [5.74, 6) is 0.974. The van der Waals surface area contributed by atoms with Crippen molar-refractivity contribution < 1.29 is 14.6 Å². The summed E-state index contributed by atoms with van der Waals surface area (Å²) in [4.78, 5) is 19.0. The molecule has 1 aromatic heterocycles. The van der Waals surface area contributed by atoms with Crippen molar-refractivity contribution in [2.24, 2.45) is 11.8 Å². The van der Waals surface area contributed by atoms with E-state index in [0.29, 0.717) is 11.7 Å². The van der Waals surface area contributed by atoms with Gasteiger partial charge < -0.3 is 15.2 Å². The molecular formula is C15H23N3O3. The number of hydrogen-bond donors (Lipinski definition) is 2. The molecule has 0 aliphatic heterocycles. The molecule has 6 heteroatoms. The van der Waals surface area contributed by atoms with Crippen LogP contribution in [0.5, 0.6) is 5.75 Å². The molecule has 1 heterocycles. The van der Waals surface area contributed by atoms with E-state index in [4.69, 9.17) is 9.84 Å². The molecule has 2 rings (SSSR count). The first-order chi connectivity index (χ1) is 10.2. The molecule has 1 saturated carbocycles. The second-order valence-corrected chi connectivity index (χ2v) is 5.60. The lowest BCUT2D eigenvalue weighted by Crippen LogP contribution is -2.22. The van der Waals surface area contributed by atoms with Crippen LogP contribution in [0.1, 0.15) is 49.5 Å². The smallest absolute Gasteiger partial charge is 0.358 e. The highest BCUT2D eigenvalue weighted by molar-refractivity contribution is 5.90. The Morgan fingerprint density at radius 1 is 1.43 bits per heavy atom. The normalized spacial score (nSPS) is 21.8. The van der Waals surface area contributed by atoms with Crippen LogP contribution < -0.4 is 10.1 Å². The van der Waals surface area contributed by atoms with Crippen LogP contribution in [0.4, 0.5) is 5.82 Å². The Kier molecular flexibility index (Phi) is 5.36. The first-order valence-electron chi connectivity index (χ1n) is 7.51. The predicted molar refractivity (Wildman–Crippen MR) is 79.8 cm³/mol. The van der Waals surface area contributed by atoms with Gasteiger partial charge in [-0.25, -0.2) is 14.8 Å². The molecule has 1 fully saturated rings. The van der Waals surface area contributed by atoms with E-state index < -0.39 is 5.97 Å². The molecule has 0 radical (unpaired) electrons. The number of aromatic nitrogens is 2. The van der Waals surface area contributed by atoms with Crippen molar-refractivity contribution >= 4 is 11.8 Å². The fourth-order valence-corrected chi connectivity index (χ4v) is 3.04. The molecule has 0 amide bonds. The molecule has 0 bridgehead atoms. The minimum atomic E-state index is -1.11. The Hall–Kier alpha value is -1.85. The minimum absolute atomic E-state index is 0.106. The number of nitrogens with one attached hydrogen (secondary N) is 1. The zero-order valence-corrected chi connectivity index (χ0v) is 12.6. The zero-order valence-electron chi connectivity index (χ0n) is 12.6. The van der Waals surface area contributed by atoms with Gasteiger partial charge in [-0.1, -0.05) is 26.2 Å². The van der Waals surface area contributed by atoms with E-state index in [2.05, 4.69) is 22.2 Å². The zero-order chi connectivity index (χ0) is 15.2. The maximum atomic E-state index is 11.1. The summed E-state index contributed by atoms with van der Waals surface area (Å²) in [5, 5.41) is 12.3. The summed E-state index contributed by atoms with van der Waals surface area (Å²) in [6.07, 6.45) is 7.52. The summed E-state index contributed by atoms with van der Waals surface area (Å²) >= 11 is 0. The topological polar surface area (TPSA) is 84.3 Å². The quantitative estimate of drug-likeness (QED) is 0.839. The number of hydrogen-bond acceptors (Lipinski definition) is 5. The van der Waals surface area contributed by atoms with Gasteiger partial charge in [0.1, 0.15) is 6.33 Å². The van der Waals surface area contributed by atoms with Gasteiger partial charge in [-0.3, -0.25) is 0 Å². The maximum Gasteiger partial charge on any atom is 0.358 e. The third-order valence-electron chi connectivity index (χ3n) is 4.24. The number of carboxylic acids is 1. The largest absolute Gasteiger partial charge is 0.491 e. The summed E-state index contributed by atoms with van der Waals surface area (Å²) in [6, 6.07) is 0. The van der Waals surface area contributed by atoms with Crippen LogP contribution in [0.25, 0.3) is 0 Å². The molecule has 116 valence electrons. The molecule has 1 aliphatic rings. The first-order valence-corrected chi connectivity index (χ1v) is 7.51. The SMILES string of the molecule is CCC1CCCC(CNc2ncnc(C(=O)O)c2OC)C1. The summed E-state index contributed by atoms with van der Waals surface area (Å²) < 4.78 is 5.15. The van der Waals surface area contributed by atoms with Gasteiger partial charge in [-0.2, -0.15) is 0 Å². The number of carbonyl (C=O) groups is 1. The van der Waals surface area contributed by atoms with Crippen molar-refractivity contribution in [3.63, 3.8) is 0 Å². The van der Waals surface area contributed by atoms with Gasteiger partial charge in [0, 0.05) is 6.54 Å². The highest BCUT2D eigenvalue weighted by Crippen LogP contribution is 2.32. The summed E-state index contributed by atoms with van der Waals surface area (Å²) in [5.41, 5.74) is -0.106. The lowest BCUT2D eigenvalue weighted by molar-refractivity contribution is 0.0686. The Balaban J connectivity index is 2.03. The molecule has 0 aromatic carbocycles. The van der Waals surface area contributed by atoms with Crippen molar-refractivity contribution in [3.05, 3.63) is 12.0 Å². The Labute approximate surface area is 124 Å². The highest BCUT2D eigenvalue weighted by Gasteiger charge is 2.22. The van der Waals surface area contributed by atoms with Gasteiger partial charge in [0.05, 0.1) is 7.11 Å². The third-order valence-corrected chi connectivity index (χ3v) is 4.24. The van der Waals surface area contributed by atoms with E-state index in [9.17, 15) is 4.79 Å². The van der Waals surface area contributed by atoms with E-state index in [0.717, 1.165) is 12.5 Å². The van der Waals surface area contributed by atoms with E-state index in [1.165, 1.54) is 45.5 Å². The Bertz CT molecular complexity index is 493. The van der Waals surface area contributed by atoms with Crippen LogP contribution >= 0.6 is 0 Å². The standard InChI is InChI=1S/C15H23N3O3/c1-3-10-5-4-6-11(7-10)8-16-14-13(21-2)12(15(19)20)17-9-18-14/h9-11H,3-8H2,1-2H3,(H,19,20)(H,16,17,18). The van der Waals surface area contributed by atoms with Crippen LogP contribution in [-0.2, 0) is 0 Å². The van der Waals surface area contributed by atoms with Gasteiger partial charge in [0.15, 0.2) is 17.3 Å². The number of methoxy groups -OCH3 is 1. The monoisotopic (exact) mass is 293 g/mol. The predicted octanol–water partition coefficient (Wildman–Crippen LogP) is 2.81. The average Bonchev–Trinajstić information content (AvgIpc) is 2.52. The molecule has 0 saturated heterocycles. The van der Waals surface area contributed by atoms with E-state index in [-0.39, 0.29) is 11.4 Å². The molecule has 21 heavy (non-hydrogen) atoms. The van der Waals surface area contributed by atoms with Crippen molar-refractivity contribution in [2.75, 3.05) is 19.0 Å². The fourth-order valence-electron chi connectivity index (χ4n) is 3.04. The molecule has 0 spiro atoms. The van der Waals surface area contributed by atoms with E-state index in [1.54, 1.807) is 0 Å². The molecule has 1 aromatic rings. The van der Waals surface area contributed by atoms with Crippen molar-refractivity contribution in [3.8, 4) is 5.75 Å². The van der Waals surface area contributed by atoms with Crippen molar-refractivity contribution in [2.45, 2.75) is 39.0 Å². The second-order valence-electron chi connectivity index (χ2n) is 5.60. The number of ether oxygens (including phenoxy) is 1. The van der Waals surface area contributed by atoms with Gasteiger partial charge >= 0.3 is 5.97 Å². The molecule has 2 atom stereocenters. The molecule has 6 nitrogen and oxygen atoms in total. The molecular weight excluding hydrogens is 270 g/mol. The highest BCUT2D eigenvalue weighted by atomic mass is 16.5. The molecule has 2 N–H and O–H groups in total. The second kappa shape index (κ2) is 7.24. The van der Waals surface area contributed by atoms with Crippen molar-refractivity contribution in [1.29, 1.82) is 0 Å². The minimum Gasteiger partial charge on any atom is -0.491 e. The Morgan fingerprint density at radius 2 is 2.19 bits per heavy atom. The molecule has 1 aliphatic carbocycles.